The molecule has 1 heterocycles. The quantitative estimate of drug-likeness (QED) is 0.804. The van der Waals surface area contributed by atoms with Gasteiger partial charge in [0.05, 0.1) is 6.54 Å². The molecule has 0 aliphatic carbocycles. The van der Waals surface area contributed by atoms with Gasteiger partial charge in [-0.05, 0) is 50.1 Å². The summed E-state index contributed by atoms with van der Waals surface area (Å²) in [7, 11) is 0. The molecular weight excluding hydrogens is 314 g/mol. The Hall–Kier alpha value is -1.59. The van der Waals surface area contributed by atoms with E-state index in [2.05, 4.69) is 10.6 Å². The molecule has 1 fully saturated rings. The second-order valence-corrected chi connectivity index (χ2v) is 6.30. The summed E-state index contributed by atoms with van der Waals surface area (Å²) in [5.41, 5.74) is 0.681. The second-order valence-electron chi connectivity index (χ2n) is 5.87. The van der Waals surface area contributed by atoms with Gasteiger partial charge in [0, 0.05) is 29.7 Å². The summed E-state index contributed by atoms with van der Waals surface area (Å²) in [5.74, 6) is -0.147. The summed E-state index contributed by atoms with van der Waals surface area (Å²) in [4.78, 5) is 26.2. The zero-order valence-corrected chi connectivity index (χ0v) is 14.2. The molecule has 0 spiro atoms. The fraction of sp³-hybridized carbons (Fsp3) is 0.529. The monoisotopic (exact) mass is 337 g/mol. The lowest BCUT2D eigenvalue weighted by Crippen LogP contribution is -2.41. The number of nitrogens with zero attached hydrogens (tertiary/aromatic N) is 1. The number of hydrogen-bond acceptors (Lipinski definition) is 3. The van der Waals surface area contributed by atoms with Crippen molar-refractivity contribution in [2.75, 3.05) is 25.0 Å². The molecule has 2 rings (SSSR count). The van der Waals surface area contributed by atoms with Crippen molar-refractivity contribution in [1.29, 1.82) is 0 Å². The van der Waals surface area contributed by atoms with Crippen molar-refractivity contribution in [3.05, 3.63) is 29.3 Å². The molecular formula is C17H24ClN3O2. The van der Waals surface area contributed by atoms with E-state index in [1.165, 1.54) is 0 Å². The predicted molar refractivity (Wildman–Crippen MR) is 92.6 cm³/mol. The van der Waals surface area contributed by atoms with Crippen LogP contribution in [0, 0.1) is 0 Å². The molecule has 1 aromatic carbocycles. The molecule has 0 radical (unpaired) electrons. The molecule has 1 aliphatic heterocycles. The molecule has 0 aromatic heterocycles. The molecule has 0 saturated carbocycles. The maximum Gasteiger partial charge on any atom is 0.243 e. The van der Waals surface area contributed by atoms with Gasteiger partial charge in [-0.3, -0.25) is 9.59 Å². The summed E-state index contributed by atoms with van der Waals surface area (Å²) in [5, 5.41) is 6.74. The molecule has 2 amide bonds. The number of benzene rings is 1. The first-order valence-electron chi connectivity index (χ1n) is 8.15. The Balaban J connectivity index is 1.87. The first kappa shape index (κ1) is 17.8. The number of carbonyl (C=O) groups is 2. The third kappa shape index (κ3) is 5.84. The highest BCUT2D eigenvalue weighted by Gasteiger charge is 2.22. The maximum absolute atomic E-state index is 12.4. The topological polar surface area (TPSA) is 61.4 Å². The molecule has 1 unspecified atom stereocenters. The van der Waals surface area contributed by atoms with Crippen LogP contribution in [0.4, 0.5) is 5.69 Å². The number of amides is 2. The van der Waals surface area contributed by atoms with E-state index in [-0.39, 0.29) is 24.4 Å². The van der Waals surface area contributed by atoms with E-state index >= 15 is 0 Å². The van der Waals surface area contributed by atoms with Gasteiger partial charge in [-0.2, -0.15) is 0 Å². The van der Waals surface area contributed by atoms with E-state index in [0.29, 0.717) is 23.7 Å². The number of rotatable bonds is 7. The zero-order valence-electron chi connectivity index (χ0n) is 13.5. The molecule has 0 bridgehead atoms. The van der Waals surface area contributed by atoms with Gasteiger partial charge >= 0.3 is 0 Å². The van der Waals surface area contributed by atoms with Crippen LogP contribution in [-0.4, -0.2) is 42.4 Å². The molecule has 1 atom stereocenters. The molecule has 1 aliphatic rings. The summed E-state index contributed by atoms with van der Waals surface area (Å²) in [6, 6.07) is 7.18. The Morgan fingerprint density at radius 2 is 2.09 bits per heavy atom. The summed E-state index contributed by atoms with van der Waals surface area (Å²) < 4.78 is 0. The van der Waals surface area contributed by atoms with Crippen LogP contribution in [-0.2, 0) is 9.59 Å². The van der Waals surface area contributed by atoms with Crippen LogP contribution in [0.2, 0.25) is 5.02 Å². The minimum absolute atomic E-state index is 0.0394. The first-order valence-corrected chi connectivity index (χ1v) is 8.53. The minimum Gasteiger partial charge on any atom is -0.333 e. The van der Waals surface area contributed by atoms with Gasteiger partial charge in [0.15, 0.2) is 0 Å². The van der Waals surface area contributed by atoms with E-state index in [4.69, 9.17) is 11.6 Å². The van der Waals surface area contributed by atoms with Crippen LogP contribution in [0.15, 0.2) is 24.3 Å². The van der Waals surface area contributed by atoms with E-state index in [1.807, 2.05) is 6.92 Å². The highest BCUT2D eigenvalue weighted by atomic mass is 35.5. The van der Waals surface area contributed by atoms with Crippen LogP contribution >= 0.6 is 11.6 Å². The van der Waals surface area contributed by atoms with Gasteiger partial charge in [-0.15, -0.1) is 0 Å². The van der Waals surface area contributed by atoms with Crippen molar-refractivity contribution < 1.29 is 9.59 Å². The van der Waals surface area contributed by atoms with Gasteiger partial charge < -0.3 is 15.5 Å². The zero-order chi connectivity index (χ0) is 16.7. The largest absolute Gasteiger partial charge is 0.333 e. The Labute approximate surface area is 142 Å². The third-order valence-electron chi connectivity index (χ3n) is 3.89. The van der Waals surface area contributed by atoms with Crippen LogP contribution in [0.5, 0.6) is 0 Å². The van der Waals surface area contributed by atoms with Crippen LogP contribution < -0.4 is 10.6 Å². The molecule has 5 nitrogen and oxygen atoms in total. The average Bonchev–Trinajstić information content (AvgIpc) is 3.02. The lowest BCUT2D eigenvalue weighted by molar-refractivity contribution is -0.135. The lowest BCUT2D eigenvalue weighted by Gasteiger charge is -2.23. The van der Waals surface area contributed by atoms with Gasteiger partial charge in [-0.25, -0.2) is 0 Å². The van der Waals surface area contributed by atoms with Crippen molar-refractivity contribution in [3.63, 3.8) is 0 Å². The Morgan fingerprint density at radius 3 is 2.70 bits per heavy atom. The van der Waals surface area contributed by atoms with Crippen molar-refractivity contribution in [3.8, 4) is 0 Å². The SMILES string of the molecule is CCCN(CC(=O)Nc1ccc(Cl)cc1)C(=O)CC1CCCN1. The standard InChI is InChI=1S/C17H24ClN3O2/c1-2-10-21(17(23)11-15-4-3-9-19-15)12-16(22)20-14-7-5-13(18)6-8-14/h5-8,15,19H,2-4,9-12H2,1H3,(H,20,22). The van der Waals surface area contributed by atoms with Crippen molar-refractivity contribution in [2.24, 2.45) is 0 Å². The average molecular weight is 338 g/mol. The Bertz CT molecular complexity index is 527. The van der Waals surface area contributed by atoms with Gasteiger partial charge in [0.2, 0.25) is 11.8 Å². The number of nitrogens with one attached hydrogen (secondary N) is 2. The van der Waals surface area contributed by atoms with Gasteiger partial charge in [0.25, 0.3) is 0 Å². The third-order valence-corrected chi connectivity index (χ3v) is 4.14. The van der Waals surface area contributed by atoms with Crippen LogP contribution in [0.25, 0.3) is 0 Å². The predicted octanol–water partition coefficient (Wildman–Crippen LogP) is 2.66. The van der Waals surface area contributed by atoms with E-state index in [1.54, 1.807) is 29.2 Å². The number of hydrogen-bond donors (Lipinski definition) is 2. The fourth-order valence-corrected chi connectivity index (χ4v) is 2.87. The Morgan fingerprint density at radius 1 is 1.35 bits per heavy atom. The normalized spacial score (nSPS) is 17.0. The van der Waals surface area contributed by atoms with Crippen molar-refractivity contribution in [1.82, 2.24) is 10.2 Å². The molecule has 6 heteroatoms. The minimum atomic E-state index is -0.187. The molecule has 1 saturated heterocycles. The summed E-state index contributed by atoms with van der Waals surface area (Å²) >= 11 is 5.82. The van der Waals surface area contributed by atoms with E-state index in [9.17, 15) is 9.59 Å². The van der Waals surface area contributed by atoms with Crippen LogP contribution in [0.3, 0.4) is 0 Å². The van der Waals surface area contributed by atoms with Gasteiger partial charge in [-0.1, -0.05) is 18.5 Å². The summed E-state index contributed by atoms with van der Waals surface area (Å²) in [6.45, 7) is 3.66. The molecule has 126 valence electrons. The highest BCUT2D eigenvalue weighted by Crippen LogP contribution is 2.14. The van der Waals surface area contributed by atoms with E-state index < -0.39 is 0 Å². The molecule has 1 aromatic rings. The highest BCUT2D eigenvalue weighted by molar-refractivity contribution is 6.30. The van der Waals surface area contributed by atoms with E-state index in [0.717, 1.165) is 25.8 Å². The van der Waals surface area contributed by atoms with Crippen LogP contribution in [0.1, 0.15) is 32.6 Å². The van der Waals surface area contributed by atoms with Gasteiger partial charge in [0.1, 0.15) is 0 Å². The number of halogens is 1. The Kier molecular flexibility index (Phi) is 6.86. The number of carbonyl (C=O) groups excluding carboxylic acids is 2. The lowest BCUT2D eigenvalue weighted by atomic mass is 10.1. The smallest absolute Gasteiger partial charge is 0.243 e. The fourth-order valence-electron chi connectivity index (χ4n) is 2.74. The molecule has 2 N–H and O–H groups in total. The van der Waals surface area contributed by atoms with Crippen molar-refractivity contribution >= 4 is 29.1 Å². The second kappa shape index (κ2) is 8.89. The maximum atomic E-state index is 12.4. The summed E-state index contributed by atoms with van der Waals surface area (Å²) in [6.07, 6.45) is 3.44. The first-order chi connectivity index (χ1) is 11.1. The molecule has 23 heavy (non-hydrogen) atoms. The van der Waals surface area contributed by atoms with Crippen molar-refractivity contribution in [2.45, 2.75) is 38.6 Å². The number of anilines is 1.